The zero-order valence-electron chi connectivity index (χ0n) is 18.1. The van der Waals surface area contributed by atoms with Crippen molar-refractivity contribution < 1.29 is 23.1 Å². The number of carboxylic acid groups (broad SMARTS) is 1. The van der Waals surface area contributed by atoms with Crippen LogP contribution in [0.1, 0.15) is 21.6 Å². The molecule has 0 fully saturated rings. The van der Waals surface area contributed by atoms with Crippen LogP contribution in [0.3, 0.4) is 0 Å². The van der Waals surface area contributed by atoms with Crippen molar-refractivity contribution in [3.63, 3.8) is 0 Å². The number of fused-ring (bicyclic) bond motifs is 1. The average molecular weight is 484 g/mol. The van der Waals surface area contributed by atoms with Crippen molar-refractivity contribution in [3.8, 4) is 29.9 Å². The summed E-state index contributed by atoms with van der Waals surface area (Å²) in [5.74, 6) is 7.44. The molecule has 0 saturated carbocycles. The number of ether oxygens (including phenoxy) is 1. The number of hydrogen-bond acceptors (Lipinski definition) is 6. The molecule has 4 aromatic rings. The fraction of sp³-hybridized carbons (Fsp3) is 0.0385. The van der Waals surface area contributed by atoms with Crippen LogP contribution < -0.4 is 9.46 Å². The van der Waals surface area contributed by atoms with Gasteiger partial charge in [-0.2, -0.15) is 0 Å². The standard InChI is InChI=1S/C26H17N3O5S/c1-2-16-34-23-14-15-27-25-20(23)7-5-9-24(25)35(32,33)29-21-8-4-3-6-19(21)12-10-18-11-13-22(26(30)31)28-17-18/h1,3-9,11,13-15,17,29H,16H2,(H,30,31). The number of aromatic carboxylic acids is 1. The van der Waals surface area contributed by atoms with Crippen molar-refractivity contribution in [2.24, 2.45) is 0 Å². The van der Waals surface area contributed by atoms with Gasteiger partial charge in [-0.25, -0.2) is 18.2 Å². The van der Waals surface area contributed by atoms with E-state index in [1.807, 2.05) is 0 Å². The molecule has 4 rings (SSSR count). The first-order chi connectivity index (χ1) is 16.9. The molecule has 9 heteroatoms. The number of nitrogens with zero attached hydrogens (tertiary/aromatic N) is 2. The summed E-state index contributed by atoms with van der Waals surface area (Å²) < 4.78 is 34.8. The maximum atomic E-state index is 13.3. The summed E-state index contributed by atoms with van der Waals surface area (Å²) in [5, 5.41) is 9.47. The number of benzene rings is 2. The lowest BCUT2D eigenvalue weighted by Gasteiger charge is -2.13. The summed E-state index contributed by atoms with van der Waals surface area (Å²) in [4.78, 5) is 19.0. The van der Waals surface area contributed by atoms with Crippen molar-refractivity contribution >= 4 is 32.6 Å². The molecule has 0 unspecified atom stereocenters. The molecule has 35 heavy (non-hydrogen) atoms. The fourth-order valence-corrected chi connectivity index (χ4v) is 4.45. The highest BCUT2D eigenvalue weighted by atomic mass is 32.2. The second kappa shape index (κ2) is 9.96. The number of carbonyl (C=O) groups is 1. The van der Waals surface area contributed by atoms with Gasteiger partial charge < -0.3 is 9.84 Å². The maximum absolute atomic E-state index is 13.3. The maximum Gasteiger partial charge on any atom is 0.354 e. The molecule has 0 saturated heterocycles. The molecule has 0 aliphatic carbocycles. The lowest BCUT2D eigenvalue weighted by molar-refractivity contribution is 0.0690. The largest absolute Gasteiger partial charge is 0.480 e. The Hall–Kier alpha value is -4.86. The van der Waals surface area contributed by atoms with Crippen molar-refractivity contribution in [3.05, 3.63) is 89.9 Å². The molecule has 0 bridgehead atoms. The van der Waals surface area contributed by atoms with Crippen molar-refractivity contribution in [2.45, 2.75) is 4.90 Å². The molecule has 2 aromatic heterocycles. The third kappa shape index (κ3) is 5.22. The zero-order chi connectivity index (χ0) is 24.8. The van der Waals surface area contributed by atoms with Gasteiger partial charge in [-0.05, 0) is 42.5 Å². The molecule has 0 aliphatic rings. The highest BCUT2D eigenvalue weighted by Gasteiger charge is 2.20. The molecule has 0 amide bonds. The van der Waals surface area contributed by atoms with Gasteiger partial charge in [0.25, 0.3) is 10.0 Å². The number of aromatic nitrogens is 2. The Balaban J connectivity index is 1.68. The van der Waals surface area contributed by atoms with Gasteiger partial charge in [0, 0.05) is 28.9 Å². The van der Waals surface area contributed by atoms with Crippen LogP contribution in [0.15, 0.2) is 78.0 Å². The summed E-state index contributed by atoms with van der Waals surface area (Å²) >= 11 is 0. The Morgan fingerprint density at radius 2 is 1.86 bits per heavy atom. The molecule has 0 spiro atoms. The highest BCUT2D eigenvalue weighted by Crippen LogP contribution is 2.30. The van der Waals surface area contributed by atoms with Crippen LogP contribution in [0.2, 0.25) is 0 Å². The number of para-hydroxylation sites is 2. The lowest BCUT2D eigenvalue weighted by atomic mass is 10.1. The monoisotopic (exact) mass is 483 g/mol. The number of rotatable bonds is 6. The van der Waals surface area contributed by atoms with E-state index in [1.54, 1.807) is 42.5 Å². The Kier molecular flexibility index (Phi) is 6.63. The van der Waals surface area contributed by atoms with Gasteiger partial charge in [-0.3, -0.25) is 9.71 Å². The van der Waals surface area contributed by atoms with Gasteiger partial charge in [0.1, 0.15) is 22.9 Å². The van der Waals surface area contributed by atoms with Gasteiger partial charge in [-0.15, -0.1) is 6.42 Å². The molecule has 8 nitrogen and oxygen atoms in total. The molecule has 2 heterocycles. The second-order valence-corrected chi connectivity index (χ2v) is 8.74. The van der Waals surface area contributed by atoms with Crippen LogP contribution in [-0.4, -0.2) is 36.1 Å². The first-order valence-electron chi connectivity index (χ1n) is 10.2. The van der Waals surface area contributed by atoms with Gasteiger partial charge >= 0.3 is 5.97 Å². The smallest absolute Gasteiger partial charge is 0.354 e. The van der Waals surface area contributed by atoms with E-state index in [9.17, 15) is 13.2 Å². The minimum atomic E-state index is -4.05. The van der Waals surface area contributed by atoms with E-state index < -0.39 is 16.0 Å². The highest BCUT2D eigenvalue weighted by molar-refractivity contribution is 7.93. The molecule has 0 aliphatic heterocycles. The molecule has 2 N–H and O–H groups in total. The third-order valence-electron chi connectivity index (χ3n) is 4.79. The number of anilines is 1. The van der Waals surface area contributed by atoms with E-state index in [0.29, 0.717) is 22.3 Å². The van der Waals surface area contributed by atoms with Crippen LogP contribution in [0, 0.1) is 24.2 Å². The summed E-state index contributed by atoms with van der Waals surface area (Å²) in [6.45, 7) is 0.0366. The first-order valence-corrected chi connectivity index (χ1v) is 11.6. The normalized spacial score (nSPS) is 10.6. The van der Waals surface area contributed by atoms with E-state index in [-0.39, 0.29) is 28.4 Å². The van der Waals surface area contributed by atoms with E-state index in [1.165, 1.54) is 30.6 Å². The van der Waals surface area contributed by atoms with E-state index in [0.717, 1.165) is 0 Å². The number of sulfonamides is 1. The average Bonchev–Trinajstić information content (AvgIpc) is 2.86. The van der Waals surface area contributed by atoms with Gasteiger partial charge in [-0.1, -0.05) is 36.0 Å². The lowest BCUT2D eigenvalue weighted by Crippen LogP contribution is -2.14. The van der Waals surface area contributed by atoms with E-state index in [4.69, 9.17) is 16.3 Å². The van der Waals surface area contributed by atoms with Crippen LogP contribution >= 0.6 is 0 Å². The number of pyridine rings is 2. The molecular weight excluding hydrogens is 466 g/mol. The van der Waals surface area contributed by atoms with Crippen LogP contribution in [0.4, 0.5) is 5.69 Å². The number of nitrogens with one attached hydrogen (secondary N) is 1. The predicted octanol–water partition coefficient (Wildman–Crippen LogP) is 3.54. The first kappa shape index (κ1) is 23.3. The quantitative estimate of drug-likeness (QED) is 0.403. The van der Waals surface area contributed by atoms with Gasteiger partial charge in [0.2, 0.25) is 0 Å². The van der Waals surface area contributed by atoms with Gasteiger partial charge in [0.15, 0.2) is 0 Å². The Morgan fingerprint density at radius 3 is 2.60 bits per heavy atom. The predicted molar refractivity (Wildman–Crippen MR) is 130 cm³/mol. The molecule has 0 atom stereocenters. The summed E-state index contributed by atoms with van der Waals surface area (Å²) in [5.41, 5.74) is 1.31. The summed E-state index contributed by atoms with van der Waals surface area (Å²) in [6.07, 6.45) is 8.06. The number of hydrogen-bond donors (Lipinski definition) is 2. The van der Waals surface area contributed by atoms with Crippen molar-refractivity contribution in [1.29, 1.82) is 0 Å². The number of carboxylic acids is 1. The molecule has 172 valence electrons. The SMILES string of the molecule is C#CCOc1ccnc2c(S(=O)(=O)Nc3ccccc3C#Cc3ccc(C(=O)O)nc3)cccc12. The minimum Gasteiger partial charge on any atom is -0.480 e. The molecular formula is C26H17N3O5S. The Morgan fingerprint density at radius 1 is 1.03 bits per heavy atom. The van der Waals surface area contributed by atoms with E-state index in [2.05, 4.69) is 32.5 Å². The minimum absolute atomic E-state index is 0.0302. The van der Waals surface area contributed by atoms with Crippen LogP contribution in [0.5, 0.6) is 5.75 Å². The fourth-order valence-electron chi connectivity index (χ4n) is 3.20. The Bertz CT molecular complexity index is 1630. The van der Waals surface area contributed by atoms with Crippen molar-refractivity contribution in [1.82, 2.24) is 9.97 Å². The molecule has 0 radical (unpaired) electrons. The third-order valence-corrected chi connectivity index (χ3v) is 6.19. The van der Waals surface area contributed by atoms with Crippen molar-refractivity contribution in [2.75, 3.05) is 11.3 Å². The van der Waals surface area contributed by atoms with Gasteiger partial charge in [0.05, 0.1) is 11.2 Å². The number of terminal acetylenes is 1. The summed E-state index contributed by atoms with van der Waals surface area (Å²) in [6, 6.07) is 15.9. The van der Waals surface area contributed by atoms with E-state index >= 15 is 0 Å². The second-order valence-electron chi connectivity index (χ2n) is 7.09. The topological polar surface area (TPSA) is 118 Å². The van der Waals surface area contributed by atoms with Crippen LogP contribution in [0.25, 0.3) is 10.9 Å². The zero-order valence-corrected chi connectivity index (χ0v) is 18.9. The van der Waals surface area contributed by atoms with Crippen LogP contribution in [-0.2, 0) is 10.0 Å². The molecule has 2 aromatic carbocycles. The summed E-state index contributed by atoms with van der Waals surface area (Å²) in [7, 11) is -4.05. The Labute approximate surface area is 201 Å².